The van der Waals surface area contributed by atoms with E-state index in [0.717, 1.165) is 11.0 Å². The van der Waals surface area contributed by atoms with Crippen molar-refractivity contribution >= 4 is 11.0 Å². The van der Waals surface area contributed by atoms with E-state index < -0.39 is 5.60 Å². The van der Waals surface area contributed by atoms with Crippen molar-refractivity contribution in [1.82, 2.24) is 9.55 Å². The molecule has 1 aromatic heterocycles. The number of imidazole rings is 1. The molecule has 86 valence electrons. The molecule has 0 aliphatic heterocycles. The molecule has 0 saturated carbocycles. The van der Waals surface area contributed by atoms with E-state index in [1.165, 1.54) is 0 Å². The van der Waals surface area contributed by atoms with Gasteiger partial charge in [0.2, 0.25) is 0 Å². The van der Waals surface area contributed by atoms with E-state index in [0.29, 0.717) is 13.0 Å². The van der Waals surface area contributed by atoms with Gasteiger partial charge >= 0.3 is 5.69 Å². The van der Waals surface area contributed by atoms with Gasteiger partial charge < -0.3 is 10.1 Å². The van der Waals surface area contributed by atoms with Gasteiger partial charge in [0, 0.05) is 6.54 Å². The fourth-order valence-electron chi connectivity index (χ4n) is 1.71. The molecule has 2 N–H and O–H groups in total. The summed E-state index contributed by atoms with van der Waals surface area (Å²) in [6, 6.07) is 7.56. The molecule has 2 rings (SSSR count). The number of hydrogen-bond donors (Lipinski definition) is 2. The van der Waals surface area contributed by atoms with Crippen molar-refractivity contribution in [3.05, 3.63) is 34.7 Å². The Bertz CT molecular complexity index is 546. The molecule has 0 radical (unpaired) electrons. The number of rotatable bonds is 3. The standard InChI is InChI=1S/C12H16N2O2/c1-12(2,16)7-8-14-10-6-4-3-5-9(10)13-11(14)15/h3-6,16H,7-8H2,1-2H3,(H,13,15). The van der Waals surface area contributed by atoms with Crippen LogP contribution in [0.15, 0.2) is 29.1 Å². The van der Waals surface area contributed by atoms with E-state index in [1.54, 1.807) is 18.4 Å². The molecule has 4 heteroatoms. The van der Waals surface area contributed by atoms with Gasteiger partial charge in [0.15, 0.2) is 0 Å². The minimum absolute atomic E-state index is 0.120. The lowest BCUT2D eigenvalue weighted by Gasteiger charge is -2.16. The molecule has 2 aromatic rings. The Balaban J connectivity index is 2.37. The van der Waals surface area contributed by atoms with Gasteiger partial charge in [0.25, 0.3) is 0 Å². The van der Waals surface area contributed by atoms with Crippen molar-refractivity contribution < 1.29 is 5.11 Å². The third-order valence-electron chi connectivity index (χ3n) is 2.63. The summed E-state index contributed by atoms with van der Waals surface area (Å²) in [5.74, 6) is 0. The van der Waals surface area contributed by atoms with E-state index >= 15 is 0 Å². The fourth-order valence-corrected chi connectivity index (χ4v) is 1.71. The molecule has 0 spiro atoms. The first-order valence-electron chi connectivity index (χ1n) is 5.37. The molecular formula is C12H16N2O2. The average Bonchev–Trinajstić information content (AvgIpc) is 2.49. The summed E-state index contributed by atoms with van der Waals surface area (Å²) in [6.07, 6.45) is 0.550. The number of benzene rings is 1. The third kappa shape index (κ3) is 2.17. The highest BCUT2D eigenvalue weighted by Crippen LogP contribution is 2.13. The summed E-state index contributed by atoms with van der Waals surface area (Å²) in [6.45, 7) is 4.01. The quantitative estimate of drug-likeness (QED) is 0.823. The van der Waals surface area contributed by atoms with Crippen LogP contribution in [0.4, 0.5) is 0 Å². The van der Waals surface area contributed by atoms with Gasteiger partial charge in [-0.2, -0.15) is 0 Å². The van der Waals surface area contributed by atoms with Crippen LogP contribution in [0.25, 0.3) is 11.0 Å². The second kappa shape index (κ2) is 3.79. The van der Waals surface area contributed by atoms with E-state index in [-0.39, 0.29) is 5.69 Å². The number of aliphatic hydroxyl groups is 1. The number of nitrogens with one attached hydrogen (secondary N) is 1. The predicted octanol–water partition coefficient (Wildman–Crippen LogP) is 1.49. The Hall–Kier alpha value is -1.55. The van der Waals surface area contributed by atoms with Crippen LogP contribution in [-0.2, 0) is 6.54 Å². The number of H-pyrrole nitrogens is 1. The summed E-state index contributed by atoms with van der Waals surface area (Å²) in [5, 5.41) is 9.65. The second-order valence-corrected chi connectivity index (χ2v) is 4.66. The molecular weight excluding hydrogens is 204 g/mol. The molecule has 16 heavy (non-hydrogen) atoms. The van der Waals surface area contributed by atoms with Gasteiger partial charge in [-0.05, 0) is 32.4 Å². The zero-order valence-electron chi connectivity index (χ0n) is 9.53. The van der Waals surface area contributed by atoms with E-state index in [4.69, 9.17) is 0 Å². The number of aromatic nitrogens is 2. The minimum Gasteiger partial charge on any atom is -0.390 e. The summed E-state index contributed by atoms with van der Waals surface area (Å²) in [5.41, 5.74) is 0.850. The number of para-hydroxylation sites is 2. The van der Waals surface area contributed by atoms with Gasteiger partial charge in [-0.25, -0.2) is 4.79 Å². The first-order valence-corrected chi connectivity index (χ1v) is 5.37. The molecule has 0 saturated heterocycles. The lowest BCUT2D eigenvalue weighted by Crippen LogP contribution is -2.25. The van der Waals surface area contributed by atoms with Gasteiger partial charge in [-0.3, -0.25) is 4.57 Å². The van der Waals surface area contributed by atoms with Gasteiger partial charge in [-0.1, -0.05) is 12.1 Å². The first kappa shape index (κ1) is 11.0. The third-order valence-corrected chi connectivity index (χ3v) is 2.63. The molecule has 0 bridgehead atoms. The summed E-state index contributed by atoms with van der Waals surface area (Å²) >= 11 is 0. The molecule has 0 atom stereocenters. The number of aryl methyl sites for hydroxylation is 1. The smallest absolute Gasteiger partial charge is 0.326 e. The van der Waals surface area contributed by atoms with Crippen LogP contribution in [0.1, 0.15) is 20.3 Å². The van der Waals surface area contributed by atoms with E-state index in [2.05, 4.69) is 4.98 Å². The molecule has 0 aliphatic rings. The van der Waals surface area contributed by atoms with Gasteiger partial charge in [0.05, 0.1) is 16.6 Å². The molecule has 1 heterocycles. The van der Waals surface area contributed by atoms with Crippen LogP contribution in [0.5, 0.6) is 0 Å². The number of aromatic amines is 1. The monoisotopic (exact) mass is 220 g/mol. The average molecular weight is 220 g/mol. The normalized spacial score (nSPS) is 12.2. The fraction of sp³-hybridized carbons (Fsp3) is 0.417. The maximum atomic E-state index is 11.7. The highest BCUT2D eigenvalue weighted by Gasteiger charge is 2.14. The largest absolute Gasteiger partial charge is 0.390 e. The number of nitrogens with zero attached hydrogens (tertiary/aromatic N) is 1. The highest BCUT2D eigenvalue weighted by atomic mass is 16.3. The Morgan fingerprint density at radius 2 is 2.06 bits per heavy atom. The summed E-state index contributed by atoms with van der Waals surface area (Å²) in [7, 11) is 0. The summed E-state index contributed by atoms with van der Waals surface area (Å²) in [4.78, 5) is 14.5. The van der Waals surface area contributed by atoms with E-state index in [1.807, 2.05) is 24.3 Å². The van der Waals surface area contributed by atoms with Gasteiger partial charge in [0.1, 0.15) is 0 Å². The minimum atomic E-state index is -0.752. The molecule has 1 aromatic carbocycles. The van der Waals surface area contributed by atoms with Gasteiger partial charge in [-0.15, -0.1) is 0 Å². The van der Waals surface area contributed by atoms with Crippen molar-refractivity contribution in [2.24, 2.45) is 0 Å². The topological polar surface area (TPSA) is 58.0 Å². The molecule has 4 nitrogen and oxygen atoms in total. The zero-order chi connectivity index (χ0) is 11.8. The maximum Gasteiger partial charge on any atom is 0.326 e. The molecule has 0 unspecified atom stereocenters. The Morgan fingerprint density at radius 3 is 2.75 bits per heavy atom. The Labute approximate surface area is 93.5 Å². The number of hydrogen-bond acceptors (Lipinski definition) is 2. The SMILES string of the molecule is CC(C)(O)CCn1c(=O)[nH]c2ccccc21. The van der Waals surface area contributed by atoms with Crippen molar-refractivity contribution in [2.75, 3.05) is 0 Å². The Kier molecular flexibility index (Phi) is 2.59. The number of fused-ring (bicyclic) bond motifs is 1. The van der Waals surface area contributed by atoms with E-state index in [9.17, 15) is 9.90 Å². The molecule has 0 fully saturated rings. The second-order valence-electron chi connectivity index (χ2n) is 4.66. The predicted molar refractivity (Wildman–Crippen MR) is 63.5 cm³/mol. The lowest BCUT2D eigenvalue weighted by molar-refractivity contribution is 0.0663. The van der Waals surface area contributed by atoms with Crippen LogP contribution in [-0.4, -0.2) is 20.3 Å². The van der Waals surface area contributed by atoms with Crippen molar-refractivity contribution in [3.63, 3.8) is 0 Å². The van der Waals surface area contributed by atoms with Crippen LogP contribution < -0.4 is 5.69 Å². The van der Waals surface area contributed by atoms with Crippen LogP contribution in [0, 0.1) is 0 Å². The van der Waals surface area contributed by atoms with Crippen LogP contribution in [0.2, 0.25) is 0 Å². The van der Waals surface area contributed by atoms with Crippen molar-refractivity contribution in [3.8, 4) is 0 Å². The first-order chi connectivity index (χ1) is 7.47. The summed E-state index contributed by atoms with van der Waals surface area (Å²) < 4.78 is 1.66. The molecule has 0 aliphatic carbocycles. The molecule has 0 amide bonds. The van der Waals surface area contributed by atoms with Crippen LogP contribution in [0.3, 0.4) is 0 Å². The zero-order valence-corrected chi connectivity index (χ0v) is 9.53. The lowest BCUT2D eigenvalue weighted by atomic mass is 10.1. The maximum absolute atomic E-state index is 11.7. The Morgan fingerprint density at radius 1 is 1.38 bits per heavy atom. The van der Waals surface area contributed by atoms with Crippen LogP contribution >= 0.6 is 0 Å². The highest BCUT2D eigenvalue weighted by molar-refractivity contribution is 5.74. The van der Waals surface area contributed by atoms with Crippen molar-refractivity contribution in [2.45, 2.75) is 32.4 Å². The van der Waals surface area contributed by atoms with Crippen molar-refractivity contribution in [1.29, 1.82) is 0 Å².